The molecule has 1 saturated heterocycles. The summed E-state index contributed by atoms with van der Waals surface area (Å²) in [7, 11) is -3.65. The zero-order valence-electron chi connectivity index (χ0n) is 11.7. The molecule has 9 heteroatoms. The average Bonchev–Trinajstić information content (AvgIpc) is 2.86. The molecule has 0 saturated carbocycles. The number of rotatable bonds is 3. The van der Waals surface area contributed by atoms with Crippen molar-refractivity contribution in [3.63, 3.8) is 0 Å². The molecule has 118 valence electrons. The highest BCUT2D eigenvalue weighted by Crippen LogP contribution is 2.24. The molecule has 8 nitrogen and oxygen atoms in total. The number of carbonyl (C=O) groups excluding carboxylic acids is 1. The Kier molecular flexibility index (Phi) is 3.53. The van der Waals surface area contributed by atoms with Crippen LogP contribution in [0.4, 0.5) is 0 Å². The van der Waals surface area contributed by atoms with Crippen LogP contribution in [0.3, 0.4) is 0 Å². The van der Waals surface area contributed by atoms with Crippen LogP contribution in [0.15, 0.2) is 27.9 Å². The normalized spacial score (nSPS) is 17.8. The number of aromatic amines is 2. The molecule has 1 aromatic carbocycles. The molecule has 2 aromatic rings. The summed E-state index contributed by atoms with van der Waals surface area (Å²) >= 11 is 0. The van der Waals surface area contributed by atoms with Crippen molar-refractivity contribution in [1.29, 1.82) is 0 Å². The van der Waals surface area contributed by atoms with Crippen LogP contribution in [0, 0.1) is 5.92 Å². The van der Waals surface area contributed by atoms with Gasteiger partial charge in [0, 0.05) is 19.0 Å². The van der Waals surface area contributed by atoms with Crippen LogP contribution >= 0.6 is 0 Å². The van der Waals surface area contributed by atoms with Crippen molar-refractivity contribution in [3.05, 3.63) is 28.7 Å². The third kappa shape index (κ3) is 2.53. The van der Waals surface area contributed by atoms with E-state index in [4.69, 9.17) is 5.73 Å². The van der Waals surface area contributed by atoms with Gasteiger partial charge < -0.3 is 15.7 Å². The topological polar surface area (TPSA) is 129 Å². The average molecular weight is 324 g/mol. The molecule has 3 rings (SSSR count). The van der Waals surface area contributed by atoms with E-state index in [0.29, 0.717) is 23.9 Å². The second-order valence-corrected chi connectivity index (χ2v) is 7.31. The van der Waals surface area contributed by atoms with Crippen LogP contribution in [-0.4, -0.2) is 41.7 Å². The Hall–Kier alpha value is -2.13. The highest BCUT2D eigenvalue weighted by atomic mass is 32.2. The lowest BCUT2D eigenvalue weighted by atomic mass is 9.98. The van der Waals surface area contributed by atoms with Gasteiger partial charge in [0.25, 0.3) is 0 Å². The number of piperidine rings is 1. The van der Waals surface area contributed by atoms with Gasteiger partial charge in [-0.2, -0.15) is 4.31 Å². The number of hydrogen-bond donors (Lipinski definition) is 3. The molecule has 0 aliphatic carbocycles. The Balaban J connectivity index is 1.88. The Labute approximate surface area is 126 Å². The molecule has 0 spiro atoms. The van der Waals surface area contributed by atoms with Gasteiger partial charge in [-0.05, 0) is 31.0 Å². The minimum atomic E-state index is -3.65. The zero-order chi connectivity index (χ0) is 15.9. The Morgan fingerprint density at radius 2 is 1.82 bits per heavy atom. The standard InChI is InChI=1S/C13H16N4O4S/c14-12(18)8-3-5-17(6-4-8)22(20,21)9-1-2-10-11(7-9)16-13(19)15-10/h1-2,7-8H,3-6H2,(H2,14,18)(H2,15,16,19). The summed E-state index contributed by atoms with van der Waals surface area (Å²) in [4.78, 5) is 27.6. The number of nitrogens with two attached hydrogens (primary N) is 1. The summed E-state index contributed by atoms with van der Waals surface area (Å²) in [6.07, 6.45) is 0.857. The van der Waals surface area contributed by atoms with Gasteiger partial charge in [0.15, 0.2) is 0 Å². The fraction of sp³-hybridized carbons (Fsp3) is 0.385. The first-order valence-electron chi connectivity index (χ1n) is 6.89. The first-order valence-corrected chi connectivity index (χ1v) is 8.33. The number of nitrogens with zero attached hydrogens (tertiary/aromatic N) is 1. The van der Waals surface area contributed by atoms with E-state index < -0.39 is 10.0 Å². The van der Waals surface area contributed by atoms with E-state index in [0.717, 1.165) is 0 Å². The fourth-order valence-corrected chi connectivity index (χ4v) is 4.20. The highest BCUT2D eigenvalue weighted by Gasteiger charge is 2.31. The lowest BCUT2D eigenvalue weighted by Gasteiger charge is -2.29. The van der Waals surface area contributed by atoms with Gasteiger partial charge in [0.05, 0.1) is 15.9 Å². The molecule has 1 fully saturated rings. The third-order valence-corrected chi connectivity index (χ3v) is 5.88. The Bertz CT molecular complexity index is 875. The molecule has 1 amide bonds. The maximum absolute atomic E-state index is 12.6. The predicted molar refractivity (Wildman–Crippen MR) is 79.6 cm³/mol. The number of primary amides is 1. The smallest absolute Gasteiger partial charge is 0.323 e. The van der Waals surface area contributed by atoms with Crippen LogP contribution in [0.1, 0.15) is 12.8 Å². The van der Waals surface area contributed by atoms with Crippen molar-refractivity contribution in [2.45, 2.75) is 17.7 Å². The monoisotopic (exact) mass is 324 g/mol. The summed E-state index contributed by atoms with van der Waals surface area (Å²) in [5.41, 5.74) is 5.87. The third-order valence-electron chi connectivity index (χ3n) is 3.98. The van der Waals surface area contributed by atoms with Crippen molar-refractivity contribution in [1.82, 2.24) is 14.3 Å². The van der Waals surface area contributed by atoms with E-state index in [1.54, 1.807) is 6.07 Å². The van der Waals surface area contributed by atoms with Gasteiger partial charge in [-0.25, -0.2) is 13.2 Å². The second kappa shape index (κ2) is 5.25. The first kappa shape index (κ1) is 14.8. The molecule has 22 heavy (non-hydrogen) atoms. The van der Waals surface area contributed by atoms with Crippen LogP contribution in [0.25, 0.3) is 11.0 Å². The number of nitrogens with one attached hydrogen (secondary N) is 2. The van der Waals surface area contributed by atoms with Crippen molar-refractivity contribution in [2.24, 2.45) is 11.7 Å². The van der Waals surface area contributed by atoms with E-state index in [1.807, 2.05) is 0 Å². The minimum Gasteiger partial charge on any atom is -0.369 e. The number of amides is 1. The van der Waals surface area contributed by atoms with Crippen molar-refractivity contribution in [3.8, 4) is 0 Å². The maximum Gasteiger partial charge on any atom is 0.323 e. The van der Waals surface area contributed by atoms with Crippen LogP contribution in [-0.2, 0) is 14.8 Å². The van der Waals surface area contributed by atoms with Gasteiger partial charge in [0.2, 0.25) is 15.9 Å². The number of fused-ring (bicyclic) bond motifs is 1. The Morgan fingerprint density at radius 3 is 2.45 bits per heavy atom. The van der Waals surface area contributed by atoms with E-state index in [9.17, 15) is 18.0 Å². The lowest BCUT2D eigenvalue weighted by Crippen LogP contribution is -2.41. The molecule has 0 radical (unpaired) electrons. The lowest BCUT2D eigenvalue weighted by molar-refractivity contribution is -0.122. The van der Waals surface area contributed by atoms with Gasteiger partial charge in [-0.3, -0.25) is 4.79 Å². The van der Waals surface area contributed by atoms with Gasteiger partial charge in [0.1, 0.15) is 0 Å². The molecule has 1 aliphatic heterocycles. The molecule has 0 unspecified atom stereocenters. The SMILES string of the molecule is NC(=O)C1CCN(S(=O)(=O)c2ccc3[nH]c(=O)[nH]c3c2)CC1. The maximum atomic E-state index is 12.6. The number of imidazole rings is 1. The van der Waals surface area contributed by atoms with E-state index in [-0.39, 0.29) is 35.5 Å². The summed E-state index contributed by atoms with van der Waals surface area (Å²) in [6, 6.07) is 4.45. The second-order valence-electron chi connectivity index (χ2n) is 5.37. The van der Waals surface area contributed by atoms with Crippen LogP contribution < -0.4 is 11.4 Å². The molecular formula is C13H16N4O4S. The van der Waals surface area contributed by atoms with Crippen molar-refractivity contribution >= 4 is 27.0 Å². The summed E-state index contributed by atoms with van der Waals surface area (Å²) in [6.45, 7) is 0.523. The predicted octanol–water partition coefficient (Wildman–Crippen LogP) is -0.258. The van der Waals surface area contributed by atoms with Gasteiger partial charge in [-0.15, -0.1) is 0 Å². The quantitative estimate of drug-likeness (QED) is 0.718. The van der Waals surface area contributed by atoms with Crippen LogP contribution in [0.5, 0.6) is 0 Å². The van der Waals surface area contributed by atoms with Crippen molar-refractivity contribution < 1.29 is 13.2 Å². The van der Waals surface area contributed by atoms with Crippen LogP contribution in [0.2, 0.25) is 0 Å². The van der Waals surface area contributed by atoms with Gasteiger partial charge >= 0.3 is 5.69 Å². The number of aromatic nitrogens is 2. The minimum absolute atomic E-state index is 0.118. The Morgan fingerprint density at radius 1 is 1.18 bits per heavy atom. The fourth-order valence-electron chi connectivity index (χ4n) is 2.70. The summed E-state index contributed by atoms with van der Waals surface area (Å²) < 4.78 is 26.6. The largest absolute Gasteiger partial charge is 0.369 e. The van der Waals surface area contributed by atoms with Crippen molar-refractivity contribution in [2.75, 3.05) is 13.1 Å². The van der Waals surface area contributed by atoms with E-state index in [1.165, 1.54) is 16.4 Å². The molecule has 4 N–H and O–H groups in total. The molecule has 1 aliphatic rings. The first-order chi connectivity index (χ1) is 10.4. The molecule has 1 aromatic heterocycles. The number of sulfonamides is 1. The van der Waals surface area contributed by atoms with E-state index in [2.05, 4.69) is 9.97 Å². The summed E-state index contributed by atoms with van der Waals surface area (Å²) in [5.74, 6) is -0.654. The number of benzene rings is 1. The molecule has 0 atom stereocenters. The zero-order valence-corrected chi connectivity index (χ0v) is 12.5. The number of H-pyrrole nitrogens is 2. The highest BCUT2D eigenvalue weighted by molar-refractivity contribution is 7.89. The molecule has 2 heterocycles. The van der Waals surface area contributed by atoms with E-state index >= 15 is 0 Å². The summed E-state index contributed by atoms with van der Waals surface area (Å²) in [5, 5.41) is 0. The number of hydrogen-bond acceptors (Lipinski definition) is 4. The molecule has 0 bridgehead atoms. The van der Waals surface area contributed by atoms with Gasteiger partial charge in [-0.1, -0.05) is 0 Å². The number of carbonyl (C=O) groups is 1. The molecular weight excluding hydrogens is 308 g/mol.